The summed E-state index contributed by atoms with van der Waals surface area (Å²) in [6, 6.07) is 8.79. The van der Waals surface area contributed by atoms with Crippen LogP contribution < -0.4 is 5.32 Å². The normalized spacial score (nSPS) is 16.1. The van der Waals surface area contributed by atoms with Crippen LogP contribution in [0.1, 0.15) is 53.1 Å². The van der Waals surface area contributed by atoms with Crippen LogP contribution in [0, 0.1) is 13.8 Å². The lowest BCUT2D eigenvalue weighted by Crippen LogP contribution is -2.56. The highest BCUT2D eigenvalue weighted by atomic mass is 16.5. The summed E-state index contributed by atoms with van der Waals surface area (Å²) >= 11 is 0. The molecule has 0 bridgehead atoms. The molecule has 2 heterocycles. The van der Waals surface area contributed by atoms with Gasteiger partial charge in [-0.05, 0) is 46.8 Å². The molecule has 9 heteroatoms. The molecule has 0 saturated carbocycles. The first-order chi connectivity index (χ1) is 15.2. The van der Waals surface area contributed by atoms with E-state index in [0.29, 0.717) is 36.8 Å². The van der Waals surface area contributed by atoms with Crippen molar-refractivity contribution in [3.8, 4) is 0 Å². The standard InChI is InChI=1S/C23H29N5O4/c1-14(2)32-22(30)19-16(4)24-17(5)25-20(19)21(29)27-11-12-28(15(3)13-27)23(31)26-18-9-7-6-8-10-18/h6-10,14-15H,11-13H2,1-5H3,(H,26,31). The van der Waals surface area contributed by atoms with Crippen molar-refractivity contribution in [2.24, 2.45) is 0 Å². The second-order valence-electron chi connectivity index (χ2n) is 8.12. The molecule has 1 aliphatic rings. The number of nitrogens with one attached hydrogen (secondary N) is 1. The van der Waals surface area contributed by atoms with Crippen molar-refractivity contribution in [2.75, 3.05) is 25.0 Å². The van der Waals surface area contributed by atoms with Crippen LogP contribution in [0.15, 0.2) is 30.3 Å². The summed E-state index contributed by atoms with van der Waals surface area (Å²) < 4.78 is 5.31. The average Bonchev–Trinajstić information content (AvgIpc) is 2.72. The van der Waals surface area contributed by atoms with Crippen molar-refractivity contribution < 1.29 is 19.1 Å². The van der Waals surface area contributed by atoms with Crippen molar-refractivity contribution >= 4 is 23.6 Å². The number of carbonyl (C=O) groups excluding carboxylic acids is 3. The van der Waals surface area contributed by atoms with Gasteiger partial charge >= 0.3 is 12.0 Å². The molecule has 2 aromatic rings. The third-order valence-electron chi connectivity index (χ3n) is 5.15. The number of aromatic nitrogens is 2. The van der Waals surface area contributed by atoms with Gasteiger partial charge in [0, 0.05) is 31.4 Å². The predicted molar refractivity (Wildman–Crippen MR) is 120 cm³/mol. The number of hydrogen-bond donors (Lipinski definition) is 1. The Hall–Kier alpha value is -3.49. The van der Waals surface area contributed by atoms with Crippen LogP contribution >= 0.6 is 0 Å². The van der Waals surface area contributed by atoms with Crippen LogP contribution in [0.2, 0.25) is 0 Å². The minimum absolute atomic E-state index is 0.0371. The predicted octanol–water partition coefficient (Wildman–Crippen LogP) is 3.04. The van der Waals surface area contributed by atoms with Gasteiger partial charge < -0.3 is 19.9 Å². The fraction of sp³-hybridized carbons (Fsp3) is 0.435. The Morgan fingerprint density at radius 2 is 1.78 bits per heavy atom. The maximum Gasteiger partial charge on any atom is 0.342 e. The summed E-state index contributed by atoms with van der Waals surface area (Å²) in [7, 11) is 0. The number of urea groups is 1. The quantitative estimate of drug-likeness (QED) is 0.734. The van der Waals surface area contributed by atoms with Gasteiger partial charge in [-0.2, -0.15) is 0 Å². The van der Waals surface area contributed by atoms with Gasteiger partial charge in [0.05, 0.1) is 11.8 Å². The SMILES string of the molecule is Cc1nc(C)c(C(=O)OC(C)C)c(C(=O)N2CCN(C(=O)Nc3ccccc3)C(C)C2)n1. The van der Waals surface area contributed by atoms with Gasteiger partial charge in [0.1, 0.15) is 17.1 Å². The maximum atomic E-state index is 13.3. The van der Waals surface area contributed by atoms with Crippen molar-refractivity contribution in [1.82, 2.24) is 19.8 Å². The van der Waals surface area contributed by atoms with E-state index < -0.39 is 5.97 Å². The Morgan fingerprint density at radius 3 is 2.41 bits per heavy atom. The number of piperazine rings is 1. The Morgan fingerprint density at radius 1 is 1.09 bits per heavy atom. The van der Waals surface area contributed by atoms with Gasteiger partial charge in [-0.25, -0.2) is 19.6 Å². The first kappa shape index (κ1) is 23.2. The van der Waals surface area contributed by atoms with Crippen LogP contribution in [0.4, 0.5) is 10.5 Å². The molecule has 1 aliphatic heterocycles. The molecule has 1 N–H and O–H groups in total. The molecule has 3 rings (SSSR count). The van der Waals surface area contributed by atoms with Gasteiger partial charge in [0.2, 0.25) is 0 Å². The molecule has 1 saturated heterocycles. The molecule has 3 amide bonds. The van der Waals surface area contributed by atoms with E-state index in [1.165, 1.54) is 0 Å². The second kappa shape index (κ2) is 9.76. The average molecular weight is 440 g/mol. The zero-order valence-electron chi connectivity index (χ0n) is 19.1. The minimum Gasteiger partial charge on any atom is -0.459 e. The number of para-hydroxylation sites is 1. The van der Waals surface area contributed by atoms with Crippen molar-refractivity contribution in [3.05, 3.63) is 53.1 Å². The lowest BCUT2D eigenvalue weighted by Gasteiger charge is -2.39. The van der Waals surface area contributed by atoms with E-state index in [2.05, 4.69) is 15.3 Å². The molecule has 32 heavy (non-hydrogen) atoms. The molecule has 0 radical (unpaired) electrons. The lowest BCUT2D eigenvalue weighted by atomic mass is 10.1. The third kappa shape index (κ3) is 5.22. The Labute approximate surface area is 187 Å². The fourth-order valence-electron chi connectivity index (χ4n) is 3.70. The Kier molecular flexibility index (Phi) is 7.07. The molecule has 0 aliphatic carbocycles. The second-order valence-corrected chi connectivity index (χ2v) is 8.12. The summed E-state index contributed by atoms with van der Waals surface area (Å²) in [5, 5.41) is 2.88. The Bertz CT molecular complexity index is 1010. The van der Waals surface area contributed by atoms with E-state index in [9.17, 15) is 14.4 Å². The van der Waals surface area contributed by atoms with E-state index >= 15 is 0 Å². The van der Waals surface area contributed by atoms with E-state index in [-0.39, 0.29) is 35.3 Å². The molecule has 1 aromatic carbocycles. The van der Waals surface area contributed by atoms with E-state index in [1.54, 1.807) is 37.5 Å². The number of esters is 1. The molecular weight excluding hydrogens is 410 g/mol. The van der Waals surface area contributed by atoms with E-state index in [4.69, 9.17) is 4.74 Å². The highest BCUT2D eigenvalue weighted by Crippen LogP contribution is 2.19. The highest BCUT2D eigenvalue weighted by molar-refractivity contribution is 6.04. The summed E-state index contributed by atoms with van der Waals surface area (Å²) in [6.07, 6.45) is -0.335. The van der Waals surface area contributed by atoms with Gasteiger partial charge in [-0.15, -0.1) is 0 Å². The third-order valence-corrected chi connectivity index (χ3v) is 5.15. The maximum absolute atomic E-state index is 13.3. The first-order valence-electron chi connectivity index (χ1n) is 10.7. The zero-order chi connectivity index (χ0) is 23.4. The number of ether oxygens (including phenoxy) is 1. The smallest absolute Gasteiger partial charge is 0.342 e. The number of rotatable bonds is 4. The minimum atomic E-state index is -0.616. The molecule has 1 atom stereocenters. The number of nitrogens with zero attached hydrogens (tertiary/aromatic N) is 4. The van der Waals surface area contributed by atoms with Crippen molar-refractivity contribution in [3.63, 3.8) is 0 Å². The molecule has 0 spiro atoms. The van der Waals surface area contributed by atoms with Crippen LogP contribution in [0.3, 0.4) is 0 Å². The van der Waals surface area contributed by atoms with Gasteiger partial charge in [-0.1, -0.05) is 18.2 Å². The molecule has 1 fully saturated rings. The number of aryl methyl sites for hydroxylation is 2. The molecule has 1 unspecified atom stereocenters. The summed E-state index contributed by atoms with van der Waals surface area (Å²) in [4.78, 5) is 50.5. The number of amides is 3. The first-order valence-corrected chi connectivity index (χ1v) is 10.7. The topological polar surface area (TPSA) is 105 Å². The number of anilines is 1. The molecule has 1 aromatic heterocycles. The van der Waals surface area contributed by atoms with Crippen LogP contribution in [-0.4, -0.2) is 69.5 Å². The van der Waals surface area contributed by atoms with Gasteiger partial charge in [0.15, 0.2) is 0 Å². The summed E-state index contributed by atoms with van der Waals surface area (Å²) in [6.45, 7) is 9.71. The van der Waals surface area contributed by atoms with Gasteiger partial charge in [0.25, 0.3) is 5.91 Å². The number of carbonyl (C=O) groups is 3. The number of hydrogen-bond acceptors (Lipinski definition) is 6. The number of benzene rings is 1. The van der Waals surface area contributed by atoms with Gasteiger partial charge in [-0.3, -0.25) is 4.79 Å². The van der Waals surface area contributed by atoms with E-state index in [1.807, 2.05) is 37.3 Å². The van der Waals surface area contributed by atoms with E-state index in [0.717, 1.165) is 0 Å². The Balaban J connectivity index is 1.76. The van der Waals surface area contributed by atoms with Crippen LogP contribution in [0.25, 0.3) is 0 Å². The monoisotopic (exact) mass is 439 g/mol. The molecule has 9 nitrogen and oxygen atoms in total. The van der Waals surface area contributed by atoms with Crippen LogP contribution in [-0.2, 0) is 4.74 Å². The highest BCUT2D eigenvalue weighted by Gasteiger charge is 2.33. The lowest BCUT2D eigenvalue weighted by molar-refractivity contribution is 0.0367. The largest absolute Gasteiger partial charge is 0.459 e. The summed E-state index contributed by atoms with van der Waals surface area (Å²) in [5.41, 5.74) is 1.24. The summed E-state index contributed by atoms with van der Waals surface area (Å²) in [5.74, 6) is -0.583. The molecular formula is C23H29N5O4. The zero-order valence-corrected chi connectivity index (χ0v) is 19.1. The van der Waals surface area contributed by atoms with Crippen molar-refractivity contribution in [2.45, 2.75) is 46.8 Å². The fourth-order valence-corrected chi connectivity index (χ4v) is 3.70. The van der Waals surface area contributed by atoms with Crippen molar-refractivity contribution in [1.29, 1.82) is 0 Å². The van der Waals surface area contributed by atoms with Crippen LogP contribution in [0.5, 0.6) is 0 Å². The molecule has 170 valence electrons.